The fourth-order valence-corrected chi connectivity index (χ4v) is 4.22. The molecule has 0 saturated carbocycles. The number of rotatable bonds is 5. The summed E-state index contributed by atoms with van der Waals surface area (Å²) in [5, 5.41) is 7.28. The van der Waals surface area contributed by atoms with Crippen LogP contribution in [0, 0.1) is 5.92 Å². The Labute approximate surface area is 159 Å². The molecule has 2 aliphatic rings. The Hall–Kier alpha value is -2.57. The predicted octanol–water partition coefficient (Wildman–Crippen LogP) is 1.10. The number of aromatic nitrogens is 3. The summed E-state index contributed by atoms with van der Waals surface area (Å²) in [5.74, 6) is 0.695. The summed E-state index contributed by atoms with van der Waals surface area (Å²) in [4.78, 5) is 27.0. The lowest BCUT2D eigenvalue weighted by atomic mass is 9.98. The Morgan fingerprint density at radius 3 is 3.04 bits per heavy atom. The SMILES string of the molecule is Cn1nc2n(c1=O)CC(C(=O)NCCCN1CCCc3ccccc31)CC2. The molecule has 3 heterocycles. The monoisotopic (exact) mass is 369 g/mol. The number of nitrogens with zero attached hydrogens (tertiary/aromatic N) is 4. The lowest BCUT2D eigenvalue weighted by Gasteiger charge is -2.31. The molecule has 1 unspecified atom stereocenters. The van der Waals surface area contributed by atoms with Gasteiger partial charge in [0.1, 0.15) is 5.82 Å². The van der Waals surface area contributed by atoms with E-state index in [0.29, 0.717) is 19.5 Å². The first kappa shape index (κ1) is 17.8. The Morgan fingerprint density at radius 2 is 2.15 bits per heavy atom. The molecule has 2 aliphatic heterocycles. The van der Waals surface area contributed by atoms with Crippen LogP contribution in [-0.2, 0) is 31.2 Å². The number of nitrogens with one attached hydrogen (secondary N) is 1. The standard InChI is InChI=1S/C20H27N5O2/c1-23-20(27)25-14-16(9-10-18(25)22-23)19(26)21-11-5-13-24-12-4-7-15-6-2-3-8-17(15)24/h2-3,6,8,16H,4-5,7,9-14H2,1H3,(H,21,26). The van der Waals surface area contributed by atoms with Crippen molar-refractivity contribution in [1.82, 2.24) is 19.7 Å². The highest BCUT2D eigenvalue weighted by atomic mass is 16.2. The highest BCUT2D eigenvalue weighted by molar-refractivity contribution is 5.78. The van der Waals surface area contributed by atoms with Gasteiger partial charge in [0.25, 0.3) is 0 Å². The minimum atomic E-state index is -0.143. The van der Waals surface area contributed by atoms with Crippen LogP contribution < -0.4 is 15.9 Å². The Kier molecular flexibility index (Phi) is 5.01. The van der Waals surface area contributed by atoms with Gasteiger partial charge >= 0.3 is 5.69 Å². The molecule has 1 N–H and O–H groups in total. The van der Waals surface area contributed by atoms with Crippen LogP contribution in [0.5, 0.6) is 0 Å². The Bertz CT molecular complexity index is 885. The van der Waals surface area contributed by atoms with Gasteiger partial charge < -0.3 is 10.2 Å². The van der Waals surface area contributed by atoms with Crippen LogP contribution in [0.1, 0.15) is 30.7 Å². The number of anilines is 1. The smallest absolute Gasteiger partial charge is 0.345 e. The van der Waals surface area contributed by atoms with Crippen molar-refractivity contribution in [2.75, 3.05) is 24.5 Å². The largest absolute Gasteiger partial charge is 0.371 e. The van der Waals surface area contributed by atoms with Gasteiger partial charge in [-0.15, -0.1) is 0 Å². The molecular weight excluding hydrogens is 342 g/mol. The topological polar surface area (TPSA) is 72.2 Å². The van der Waals surface area contributed by atoms with Gasteiger partial charge in [-0.1, -0.05) is 18.2 Å². The van der Waals surface area contributed by atoms with Gasteiger partial charge in [0, 0.05) is 45.3 Å². The molecule has 7 heteroatoms. The van der Waals surface area contributed by atoms with Crippen molar-refractivity contribution in [2.45, 2.75) is 38.6 Å². The van der Waals surface area contributed by atoms with Gasteiger partial charge in [0.05, 0.1) is 5.92 Å². The third-order valence-electron chi connectivity index (χ3n) is 5.69. The zero-order valence-electron chi connectivity index (χ0n) is 15.9. The highest BCUT2D eigenvalue weighted by Crippen LogP contribution is 2.26. The molecule has 0 radical (unpaired) electrons. The fourth-order valence-electron chi connectivity index (χ4n) is 4.22. The second kappa shape index (κ2) is 7.58. The number of hydrogen-bond acceptors (Lipinski definition) is 4. The van der Waals surface area contributed by atoms with E-state index in [1.165, 1.54) is 22.4 Å². The number of amides is 1. The van der Waals surface area contributed by atoms with Crippen LogP contribution in [0.4, 0.5) is 5.69 Å². The summed E-state index contributed by atoms with van der Waals surface area (Å²) in [7, 11) is 1.65. The Morgan fingerprint density at radius 1 is 1.30 bits per heavy atom. The number of fused-ring (bicyclic) bond motifs is 2. The van der Waals surface area contributed by atoms with Crippen LogP contribution in [-0.4, -0.2) is 39.9 Å². The minimum Gasteiger partial charge on any atom is -0.371 e. The van der Waals surface area contributed by atoms with Gasteiger partial charge in [-0.05, 0) is 37.3 Å². The van der Waals surface area contributed by atoms with Crippen molar-refractivity contribution in [3.8, 4) is 0 Å². The number of carbonyl (C=O) groups is 1. The van der Waals surface area contributed by atoms with Crippen LogP contribution in [0.15, 0.2) is 29.1 Å². The summed E-state index contributed by atoms with van der Waals surface area (Å²) >= 11 is 0. The molecule has 144 valence electrons. The van der Waals surface area contributed by atoms with E-state index in [-0.39, 0.29) is 17.5 Å². The van der Waals surface area contributed by atoms with Gasteiger partial charge in [0.2, 0.25) is 5.91 Å². The molecule has 1 amide bonds. The molecular formula is C20H27N5O2. The van der Waals surface area contributed by atoms with E-state index in [1.54, 1.807) is 11.6 Å². The van der Waals surface area contributed by atoms with Crippen LogP contribution >= 0.6 is 0 Å². The van der Waals surface area contributed by atoms with E-state index >= 15 is 0 Å². The zero-order valence-corrected chi connectivity index (χ0v) is 15.9. The molecule has 0 aliphatic carbocycles. The molecule has 1 aromatic heterocycles. The van der Waals surface area contributed by atoms with E-state index < -0.39 is 0 Å². The van der Waals surface area contributed by atoms with Gasteiger partial charge in [-0.25, -0.2) is 9.48 Å². The van der Waals surface area contributed by atoms with Gasteiger partial charge in [0.15, 0.2) is 0 Å². The lowest BCUT2D eigenvalue weighted by Crippen LogP contribution is -2.40. The summed E-state index contributed by atoms with van der Waals surface area (Å²) in [6, 6.07) is 8.60. The molecule has 1 aromatic carbocycles. The van der Waals surface area contributed by atoms with Crippen LogP contribution in [0.2, 0.25) is 0 Å². The maximum Gasteiger partial charge on any atom is 0.345 e. The van der Waals surface area contributed by atoms with Gasteiger partial charge in [-0.2, -0.15) is 5.10 Å². The second-order valence-corrected chi connectivity index (χ2v) is 7.53. The maximum atomic E-state index is 12.5. The third kappa shape index (κ3) is 3.63. The van der Waals surface area contributed by atoms with E-state index in [9.17, 15) is 9.59 Å². The Balaban J connectivity index is 1.26. The molecule has 4 rings (SSSR count). The first-order valence-electron chi connectivity index (χ1n) is 9.87. The fraction of sp³-hybridized carbons (Fsp3) is 0.550. The van der Waals surface area contributed by atoms with Crippen molar-refractivity contribution < 1.29 is 4.79 Å². The first-order chi connectivity index (χ1) is 13.1. The number of carbonyl (C=O) groups excluding carboxylic acids is 1. The van der Waals surface area contributed by atoms with E-state index in [4.69, 9.17) is 0 Å². The lowest BCUT2D eigenvalue weighted by molar-refractivity contribution is -0.125. The summed E-state index contributed by atoms with van der Waals surface area (Å²) < 4.78 is 2.99. The summed E-state index contributed by atoms with van der Waals surface area (Å²) in [5.41, 5.74) is 2.63. The molecule has 1 atom stereocenters. The van der Waals surface area contributed by atoms with Crippen molar-refractivity contribution in [2.24, 2.45) is 13.0 Å². The summed E-state index contributed by atoms with van der Waals surface area (Å²) in [6.07, 6.45) is 4.69. The normalized spacial score (nSPS) is 18.7. The first-order valence-corrected chi connectivity index (χ1v) is 9.87. The van der Waals surface area contributed by atoms with Crippen molar-refractivity contribution in [3.63, 3.8) is 0 Å². The predicted molar refractivity (Wildman–Crippen MR) is 104 cm³/mol. The average molecular weight is 369 g/mol. The zero-order chi connectivity index (χ0) is 18.8. The van der Waals surface area contributed by atoms with Crippen molar-refractivity contribution >= 4 is 11.6 Å². The molecule has 0 fully saturated rings. The molecule has 0 spiro atoms. The minimum absolute atomic E-state index is 0.0513. The highest BCUT2D eigenvalue weighted by Gasteiger charge is 2.27. The van der Waals surface area contributed by atoms with E-state index in [0.717, 1.165) is 38.2 Å². The quantitative estimate of drug-likeness (QED) is 0.802. The summed E-state index contributed by atoms with van der Waals surface area (Å²) in [6.45, 7) is 3.14. The van der Waals surface area contributed by atoms with Gasteiger partial charge in [-0.3, -0.25) is 9.36 Å². The van der Waals surface area contributed by atoms with Crippen LogP contribution in [0.25, 0.3) is 0 Å². The number of para-hydroxylation sites is 1. The van der Waals surface area contributed by atoms with E-state index in [1.807, 2.05) is 0 Å². The number of hydrogen-bond donors (Lipinski definition) is 1. The number of aryl methyl sites for hydroxylation is 3. The molecule has 0 saturated heterocycles. The average Bonchev–Trinajstić information content (AvgIpc) is 2.98. The number of benzene rings is 1. The van der Waals surface area contributed by atoms with Crippen molar-refractivity contribution in [1.29, 1.82) is 0 Å². The molecule has 7 nitrogen and oxygen atoms in total. The van der Waals surface area contributed by atoms with Crippen molar-refractivity contribution in [3.05, 3.63) is 46.1 Å². The van der Waals surface area contributed by atoms with E-state index in [2.05, 4.69) is 39.6 Å². The third-order valence-corrected chi connectivity index (χ3v) is 5.69. The van der Waals surface area contributed by atoms with Crippen LogP contribution in [0.3, 0.4) is 0 Å². The molecule has 0 bridgehead atoms. The second-order valence-electron chi connectivity index (χ2n) is 7.53. The maximum absolute atomic E-state index is 12.5. The molecule has 27 heavy (non-hydrogen) atoms. The molecule has 2 aromatic rings.